The van der Waals surface area contributed by atoms with E-state index in [0.29, 0.717) is 18.6 Å². The highest BCUT2D eigenvalue weighted by Crippen LogP contribution is 2.28. The molecule has 0 aromatic rings. The number of rotatable bonds is 5. The van der Waals surface area contributed by atoms with Crippen molar-refractivity contribution in [2.45, 2.75) is 45.2 Å². The second-order valence-electron chi connectivity index (χ2n) is 5.00. The van der Waals surface area contributed by atoms with Crippen LogP contribution in [0, 0.1) is 11.8 Å². The van der Waals surface area contributed by atoms with Gasteiger partial charge in [-0.1, -0.05) is 13.8 Å². The molecule has 0 radical (unpaired) electrons. The quantitative estimate of drug-likeness (QED) is 0.728. The Labute approximate surface area is 93.2 Å². The Morgan fingerprint density at radius 3 is 2.67 bits per heavy atom. The summed E-state index contributed by atoms with van der Waals surface area (Å²) in [5.74, 6) is 1.56. The van der Waals surface area contributed by atoms with Crippen LogP contribution in [0.1, 0.15) is 33.1 Å². The summed E-state index contributed by atoms with van der Waals surface area (Å²) in [6.07, 6.45) is 3.82. The molecule has 1 aliphatic carbocycles. The predicted octanol–water partition coefficient (Wildman–Crippen LogP) is 1.41. The molecule has 90 valence electrons. The van der Waals surface area contributed by atoms with Crippen LogP contribution in [0.3, 0.4) is 0 Å². The van der Waals surface area contributed by atoms with Crippen molar-refractivity contribution in [2.24, 2.45) is 11.8 Å². The van der Waals surface area contributed by atoms with Crippen molar-refractivity contribution in [1.29, 1.82) is 0 Å². The largest absolute Gasteiger partial charge is 0.395 e. The lowest BCUT2D eigenvalue weighted by Gasteiger charge is -2.35. The molecule has 0 heterocycles. The van der Waals surface area contributed by atoms with Crippen LogP contribution < -0.4 is 5.32 Å². The van der Waals surface area contributed by atoms with E-state index in [2.05, 4.69) is 19.2 Å². The number of nitrogens with one attached hydrogen (secondary N) is 1. The molecule has 4 atom stereocenters. The average molecular weight is 215 g/mol. The zero-order chi connectivity index (χ0) is 11.3. The average Bonchev–Trinajstić information content (AvgIpc) is 2.21. The molecule has 0 amide bonds. The molecule has 1 fully saturated rings. The van der Waals surface area contributed by atoms with Crippen molar-refractivity contribution >= 4 is 0 Å². The normalized spacial score (nSPS) is 34.0. The fourth-order valence-electron chi connectivity index (χ4n) is 2.57. The first-order valence-corrected chi connectivity index (χ1v) is 6.03. The van der Waals surface area contributed by atoms with E-state index in [1.807, 2.05) is 0 Å². The van der Waals surface area contributed by atoms with E-state index in [1.165, 1.54) is 19.3 Å². The summed E-state index contributed by atoms with van der Waals surface area (Å²) in [4.78, 5) is 0. The minimum Gasteiger partial charge on any atom is -0.395 e. The van der Waals surface area contributed by atoms with Gasteiger partial charge in [-0.15, -0.1) is 0 Å². The highest BCUT2D eigenvalue weighted by Gasteiger charge is 2.26. The van der Waals surface area contributed by atoms with E-state index in [1.54, 1.807) is 7.11 Å². The molecule has 3 heteroatoms. The summed E-state index contributed by atoms with van der Waals surface area (Å²) in [5.41, 5.74) is 0. The first-order chi connectivity index (χ1) is 7.17. The predicted molar refractivity (Wildman–Crippen MR) is 61.9 cm³/mol. The lowest BCUT2D eigenvalue weighted by atomic mass is 9.79. The van der Waals surface area contributed by atoms with Crippen LogP contribution >= 0.6 is 0 Å². The monoisotopic (exact) mass is 215 g/mol. The van der Waals surface area contributed by atoms with Crippen LogP contribution in [0.4, 0.5) is 0 Å². The van der Waals surface area contributed by atoms with Gasteiger partial charge in [0, 0.05) is 13.2 Å². The first-order valence-electron chi connectivity index (χ1n) is 6.03. The van der Waals surface area contributed by atoms with Gasteiger partial charge >= 0.3 is 0 Å². The summed E-state index contributed by atoms with van der Waals surface area (Å²) in [7, 11) is 1.68. The molecule has 0 aromatic heterocycles. The second kappa shape index (κ2) is 6.46. The molecule has 1 saturated carbocycles. The number of ether oxygens (including phenoxy) is 1. The highest BCUT2D eigenvalue weighted by molar-refractivity contribution is 4.83. The van der Waals surface area contributed by atoms with Gasteiger partial charge in [0.15, 0.2) is 0 Å². The fraction of sp³-hybridized carbons (Fsp3) is 1.00. The van der Waals surface area contributed by atoms with Crippen molar-refractivity contribution in [3.05, 3.63) is 0 Å². The Balaban J connectivity index is 2.35. The minimum atomic E-state index is 0.0934. The molecular weight excluding hydrogens is 190 g/mol. The van der Waals surface area contributed by atoms with Gasteiger partial charge in [-0.3, -0.25) is 0 Å². The van der Waals surface area contributed by atoms with Gasteiger partial charge in [-0.25, -0.2) is 0 Å². The molecule has 0 aromatic carbocycles. The molecule has 2 N–H and O–H groups in total. The maximum atomic E-state index is 9.18. The van der Waals surface area contributed by atoms with Crippen LogP contribution in [0.25, 0.3) is 0 Å². The molecular formula is C12H25NO2. The summed E-state index contributed by atoms with van der Waals surface area (Å²) in [6, 6.07) is 0.643. The van der Waals surface area contributed by atoms with E-state index in [0.717, 1.165) is 5.92 Å². The van der Waals surface area contributed by atoms with Crippen molar-refractivity contribution in [3.63, 3.8) is 0 Å². The first kappa shape index (κ1) is 12.9. The zero-order valence-electron chi connectivity index (χ0n) is 10.2. The Morgan fingerprint density at radius 1 is 1.40 bits per heavy atom. The molecule has 1 aliphatic rings. The van der Waals surface area contributed by atoms with Gasteiger partial charge in [0.05, 0.1) is 19.3 Å². The Kier molecular flexibility index (Phi) is 5.58. The van der Waals surface area contributed by atoms with Crippen LogP contribution in [-0.4, -0.2) is 37.5 Å². The zero-order valence-corrected chi connectivity index (χ0v) is 10.2. The van der Waals surface area contributed by atoms with Crippen LogP contribution in [0.5, 0.6) is 0 Å². The van der Waals surface area contributed by atoms with Crippen molar-refractivity contribution < 1.29 is 9.84 Å². The maximum absolute atomic E-state index is 9.18. The maximum Gasteiger partial charge on any atom is 0.0638 e. The standard InChI is InChI=1S/C12H25NO2/c1-9-4-5-12(10(2)6-9)13-11(7-14)8-15-3/h9-14H,4-8H2,1-3H3. The number of aliphatic hydroxyl groups excluding tert-OH is 1. The third-order valence-corrected chi connectivity index (χ3v) is 3.47. The topological polar surface area (TPSA) is 41.5 Å². The number of methoxy groups -OCH3 is 1. The summed E-state index contributed by atoms with van der Waals surface area (Å²) < 4.78 is 5.07. The van der Waals surface area contributed by atoms with Gasteiger partial charge in [0.2, 0.25) is 0 Å². The molecule has 15 heavy (non-hydrogen) atoms. The van der Waals surface area contributed by atoms with Gasteiger partial charge in [0.25, 0.3) is 0 Å². The van der Waals surface area contributed by atoms with Gasteiger partial charge in [0.1, 0.15) is 0 Å². The number of hydrogen-bond acceptors (Lipinski definition) is 3. The van der Waals surface area contributed by atoms with Crippen LogP contribution in [-0.2, 0) is 4.74 Å². The highest BCUT2D eigenvalue weighted by atomic mass is 16.5. The lowest BCUT2D eigenvalue weighted by Crippen LogP contribution is -2.48. The van der Waals surface area contributed by atoms with Gasteiger partial charge in [-0.2, -0.15) is 0 Å². The summed E-state index contributed by atoms with van der Waals surface area (Å²) >= 11 is 0. The second-order valence-corrected chi connectivity index (χ2v) is 5.00. The van der Waals surface area contributed by atoms with Crippen molar-refractivity contribution in [1.82, 2.24) is 5.32 Å². The van der Waals surface area contributed by atoms with Crippen LogP contribution in [0.15, 0.2) is 0 Å². The molecule has 0 bridgehead atoms. The molecule has 0 aliphatic heterocycles. The Hall–Kier alpha value is -0.120. The molecule has 1 rings (SSSR count). The smallest absolute Gasteiger partial charge is 0.0638 e. The van der Waals surface area contributed by atoms with E-state index in [4.69, 9.17) is 4.74 Å². The summed E-state index contributed by atoms with van der Waals surface area (Å²) in [5, 5.41) is 12.7. The molecule has 4 unspecified atom stereocenters. The minimum absolute atomic E-state index is 0.0934. The van der Waals surface area contributed by atoms with Crippen molar-refractivity contribution in [3.8, 4) is 0 Å². The van der Waals surface area contributed by atoms with Gasteiger partial charge < -0.3 is 15.2 Å². The fourth-order valence-corrected chi connectivity index (χ4v) is 2.57. The van der Waals surface area contributed by atoms with E-state index in [-0.39, 0.29) is 12.6 Å². The van der Waals surface area contributed by atoms with Crippen molar-refractivity contribution in [2.75, 3.05) is 20.3 Å². The number of aliphatic hydroxyl groups is 1. The lowest BCUT2D eigenvalue weighted by molar-refractivity contribution is 0.106. The third kappa shape index (κ3) is 4.09. The van der Waals surface area contributed by atoms with Gasteiger partial charge in [-0.05, 0) is 31.1 Å². The third-order valence-electron chi connectivity index (χ3n) is 3.47. The Bertz CT molecular complexity index is 175. The molecule has 0 saturated heterocycles. The summed E-state index contributed by atoms with van der Waals surface area (Å²) in [6.45, 7) is 5.38. The van der Waals surface area contributed by atoms with E-state index >= 15 is 0 Å². The number of hydrogen-bond donors (Lipinski definition) is 2. The van der Waals surface area contributed by atoms with E-state index in [9.17, 15) is 5.11 Å². The SMILES string of the molecule is COCC(CO)NC1CCC(C)CC1C. The molecule has 0 spiro atoms. The van der Waals surface area contributed by atoms with Crippen LogP contribution in [0.2, 0.25) is 0 Å². The molecule has 3 nitrogen and oxygen atoms in total. The Morgan fingerprint density at radius 2 is 2.13 bits per heavy atom. The van der Waals surface area contributed by atoms with E-state index < -0.39 is 0 Å².